The van der Waals surface area contributed by atoms with E-state index in [0.717, 1.165) is 22.3 Å². The maximum absolute atomic E-state index is 11.8. The van der Waals surface area contributed by atoms with Crippen LogP contribution in [0.5, 0.6) is 17.2 Å². The predicted octanol–water partition coefficient (Wildman–Crippen LogP) is 6.97. The normalized spacial score (nSPS) is 10.6. The molecule has 172 valence electrons. The van der Waals surface area contributed by atoms with E-state index in [2.05, 4.69) is 0 Å². The minimum Gasteiger partial charge on any atom is -0.496 e. The molecule has 0 fully saturated rings. The van der Waals surface area contributed by atoms with Crippen LogP contribution in [0.15, 0.2) is 84.9 Å². The molecule has 34 heavy (non-hydrogen) atoms. The lowest BCUT2D eigenvalue weighted by atomic mass is 9.91. The van der Waals surface area contributed by atoms with Crippen LogP contribution in [-0.4, -0.2) is 25.3 Å². The van der Waals surface area contributed by atoms with Gasteiger partial charge in [-0.2, -0.15) is 0 Å². The van der Waals surface area contributed by atoms with Crippen molar-refractivity contribution in [2.75, 3.05) is 14.2 Å². The van der Waals surface area contributed by atoms with Gasteiger partial charge in [0.05, 0.1) is 30.4 Å². The number of hydrogen-bond donors (Lipinski definition) is 1. The Morgan fingerprint density at radius 2 is 1.50 bits per heavy atom. The maximum atomic E-state index is 11.8. The van der Waals surface area contributed by atoms with Gasteiger partial charge < -0.3 is 19.3 Å². The second-order valence-corrected chi connectivity index (χ2v) is 7.93. The number of hydrogen-bond acceptors (Lipinski definition) is 4. The number of benzene rings is 4. The fourth-order valence-electron chi connectivity index (χ4n) is 3.77. The average Bonchev–Trinajstić information content (AvgIpc) is 2.88. The van der Waals surface area contributed by atoms with E-state index in [-0.39, 0.29) is 5.56 Å². The van der Waals surface area contributed by atoms with Crippen LogP contribution in [0, 0.1) is 0 Å². The summed E-state index contributed by atoms with van der Waals surface area (Å²) in [5, 5.41) is 10.1. The van der Waals surface area contributed by atoms with Gasteiger partial charge in [0.15, 0.2) is 0 Å². The highest BCUT2D eigenvalue weighted by molar-refractivity contribution is 6.32. The number of aromatic carboxylic acids is 1. The highest BCUT2D eigenvalue weighted by atomic mass is 35.5. The molecule has 0 spiro atoms. The van der Waals surface area contributed by atoms with Crippen LogP contribution in [-0.2, 0) is 6.61 Å². The molecule has 4 rings (SSSR count). The van der Waals surface area contributed by atoms with Crippen molar-refractivity contribution in [2.45, 2.75) is 6.61 Å². The van der Waals surface area contributed by atoms with Crippen LogP contribution in [0.1, 0.15) is 15.9 Å². The van der Waals surface area contributed by atoms with E-state index in [9.17, 15) is 9.90 Å². The second-order valence-electron chi connectivity index (χ2n) is 7.52. The number of methoxy groups -OCH3 is 2. The molecule has 5 nitrogen and oxygen atoms in total. The van der Waals surface area contributed by atoms with Crippen molar-refractivity contribution in [3.05, 3.63) is 101 Å². The third kappa shape index (κ3) is 4.85. The Hall–Kier alpha value is -3.96. The Balaban J connectivity index is 1.84. The SMILES string of the molecule is COc1cccc(OC)c1-c1ccc(C(=O)O)cc1-c1ccc(Cl)c(OCc2ccccc2)c1. The number of ether oxygens (including phenoxy) is 3. The Morgan fingerprint density at radius 1 is 0.794 bits per heavy atom. The van der Waals surface area contributed by atoms with Crippen molar-refractivity contribution < 1.29 is 24.1 Å². The number of carbonyl (C=O) groups is 1. The summed E-state index contributed by atoms with van der Waals surface area (Å²) in [6.07, 6.45) is 0. The summed E-state index contributed by atoms with van der Waals surface area (Å²) in [5.41, 5.74) is 4.09. The lowest BCUT2D eigenvalue weighted by molar-refractivity contribution is 0.0697. The minimum atomic E-state index is -1.02. The van der Waals surface area contributed by atoms with Gasteiger partial charge in [-0.15, -0.1) is 0 Å². The Labute approximate surface area is 203 Å². The molecule has 4 aromatic carbocycles. The zero-order valence-electron chi connectivity index (χ0n) is 18.7. The molecule has 4 aromatic rings. The molecule has 0 saturated carbocycles. The van der Waals surface area contributed by atoms with Gasteiger partial charge >= 0.3 is 5.97 Å². The van der Waals surface area contributed by atoms with Crippen LogP contribution in [0.4, 0.5) is 0 Å². The molecule has 0 aliphatic carbocycles. The Bertz CT molecular complexity index is 1300. The topological polar surface area (TPSA) is 65.0 Å². The summed E-state index contributed by atoms with van der Waals surface area (Å²) in [6, 6.07) is 25.6. The zero-order chi connectivity index (χ0) is 24.1. The number of halogens is 1. The van der Waals surface area contributed by atoms with E-state index >= 15 is 0 Å². The van der Waals surface area contributed by atoms with Crippen LogP contribution in [0.25, 0.3) is 22.3 Å². The molecule has 0 saturated heterocycles. The largest absolute Gasteiger partial charge is 0.496 e. The zero-order valence-corrected chi connectivity index (χ0v) is 19.5. The molecule has 0 amide bonds. The molecule has 0 aliphatic rings. The van der Waals surface area contributed by atoms with Gasteiger partial charge in [0.25, 0.3) is 0 Å². The number of carboxylic acid groups (broad SMARTS) is 1. The molecule has 0 aromatic heterocycles. The van der Waals surface area contributed by atoms with Gasteiger partial charge in [-0.3, -0.25) is 0 Å². The van der Waals surface area contributed by atoms with E-state index in [1.165, 1.54) is 0 Å². The van der Waals surface area contributed by atoms with Crippen molar-refractivity contribution in [1.29, 1.82) is 0 Å². The van der Waals surface area contributed by atoms with E-state index in [4.69, 9.17) is 25.8 Å². The molecule has 0 bridgehead atoms. The molecule has 0 heterocycles. The predicted molar refractivity (Wildman–Crippen MR) is 133 cm³/mol. The number of carboxylic acids is 1. The third-order valence-corrected chi connectivity index (χ3v) is 5.76. The first kappa shape index (κ1) is 23.2. The monoisotopic (exact) mass is 474 g/mol. The van der Waals surface area contributed by atoms with Crippen molar-refractivity contribution >= 4 is 17.6 Å². The van der Waals surface area contributed by atoms with E-state index in [0.29, 0.717) is 34.4 Å². The first-order valence-corrected chi connectivity index (χ1v) is 10.9. The average molecular weight is 475 g/mol. The van der Waals surface area contributed by atoms with Crippen LogP contribution < -0.4 is 14.2 Å². The molecule has 6 heteroatoms. The summed E-state index contributed by atoms with van der Waals surface area (Å²) in [7, 11) is 3.17. The van der Waals surface area contributed by atoms with Crippen LogP contribution in [0.3, 0.4) is 0 Å². The van der Waals surface area contributed by atoms with Gasteiger partial charge in [0.1, 0.15) is 23.9 Å². The summed E-state index contributed by atoms with van der Waals surface area (Å²) in [5.74, 6) is 0.701. The smallest absolute Gasteiger partial charge is 0.335 e. The van der Waals surface area contributed by atoms with Gasteiger partial charge in [-0.25, -0.2) is 4.79 Å². The highest BCUT2D eigenvalue weighted by Gasteiger charge is 2.19. The molecule has 0 radical (unpaired) electrons. The highest BCUT2D eigenvalue weighted by Crippen LogP contribution is 2.44. The molecule has 0 unspecified atom stereocenters. The molecular weight excluding hydrogens is 452 g/mol. The van der Waals surface area contributed by atoms with Crippen molar-refractivity contribution in [1.82, 2.24) is 0 Å². The van der Waals surface area contributed by atoms with E-state index < -0.39 is 5.97 Å². The van der Waals surface area contributed by atoms with Gasteiger partial charge in [0.2, 0.25) is 0 Å². The summed E-state index contributed by atoms with van der Waals surface area (Å²) >= 11 is 6.42. The molecule has 0 aliphatic heterocycles. The second kappa shape index (κ2) is 10.3. The van der Waals surface area contributed by atoms with Gasteiger partial charge in [0, 0.05) is 0 Å². The maximum Gasteiger partial charge on any atom is 0.335 e. The van der Waals surface area contributed by atoms with Crippen molar-refractivity contribution in [3.8, 4) is 39.5 Å². The minimum absolute atomic E-state index is 0.161. The van der Waals surface area contributed by atoms with Gasteiger partial charge in [-0.1, -0.05) is 60.1 Å². The van der Waals surface area contributed by atoms with E-state index in [1.54, 1.807) is 38.5 Å². The Morgan fingerprint density at radius 3 is 2.15 bits per heavy atom. The number of rotatable bonds is 8. The van der Waals surface area contributed by atoms with Crippen molar-refractivity contribution in [3.63, 3.8) is 0 Å². The molecular formula is C28H23ClO5. The van der Waals surface area contributed by atoms with Gasteiger partial charge in [-0.05, 0) is 58.7 Å². The summed E-state index contributed by atoms with van der Waals surface area (Å²) < 4.78 is 17.2. The standard InChI is InChI=1S/C28H23ClO5/c1-32-24-9-6-10-25(33-2)27(24)21-13-11-20(28(30)31)15-22(21)19-12-14-23(29)26(16-19)34-17-18-7-4-3-5-8-18/h3-16H,17H2,1-2H3,(H,30,31). The third-order valence-electron chi connectivity index (χ3n) is 5.44. The van der Waals surface area contributed by atoms with Crippen LogP contribution >= 0.6 is 11.6 Å². The van der Waals surface area contributed by atoms with E-state index in [1.807, 2.05) is 60.7 Å². The molecule has 0 atom stereocenters. The quantitative estimate of drug-likeness (QED) is 0.299. The Kier molecular flexibility index (Phi) is 7.04. The lowest BCUT2D eigenvalue weighted by Crippen LogP contribution is -2.00. The van der Waals surface area contributed by atoms with Crippen molar-refractivity contribution in [2.24, 2.45) is 0 Å². The molecule has 1 N–H and O–H groups in total. The lowest BCUT2D eigenvalue weighted by Gasteiger charge is -2.18. The van der Waals surface area contributed by atoms with Crippen LogP contribution in [0.2, 0.25) is 5.02 Å². The first-order chi connectivity index (χ1) is 16.5. The summed E-state index contributed by atoms with van der Waals surface area (Å²) in [6.45, 7) is 0.354. The fraction of sp³-hybridized carbons (Fsp3) is 0.107. The fourth-order valence-corrected chi connectivity index (χ4v) is 3.94. The first-order valence-electron chi connectivity index (χ1n) is 10.6. The summed E-state index contributed by atoms with van der Waals surface area (Å²) in [4.78, 5) is 11.8.